The Morgan fingerprint density at radius 2 is 1.95 bits per heavy atom. The van der Waals surface area contributed by atoms with Crippen LogP contribution >= 0.6 is 0 Å². The number of benzene rings is 1. The Morgan fingerprint density at radius 3 is 2.55 bits per heavy atom. The lowest BCUT2D eigenvalue weighted by Gasteiger charge is -2.30. The highest BCUT2D eigenvalue weighted by molar-refractivity contribution is 5.93. The van der Waals surface area contributed by atoms with Crippen molar-refractivity contribution < 1.29 is 14.3 Å². The van der Waals surface area contributed by atoms with Gasteiger partial charge < -0.3 is 10.1 Å². The summed E-state index contributed by atoms with van der Waals surface area (Å²) in [4.78, 5) is 25.7. The third kappa shape index (κ3) is 4.31. The minimum absolute atomic E-state index is 0.0107. The van der Waals surface area contributed by atoms with Gasteiger partial charge >= 0.3 is 5.97 Å². The van der Waals surface area contributed by atoms with E-state index in [4.69, 9.17) is 4.74 Å². The molecule has 0 saturated carbocycles. The summed E-state index contributed by atoms with van der Waals surface area (Å²) in [6.07, 6.45) is 1.51. The number of hydrogen-bond donors (Lipinski definition) is 1. The Balaban J connectivity index is 1.82. The molecule has 1 aliphatic heterocycles. The van der Waals surface area contributed by atoms with Crippen LogP contribution in [0, 0.1) is 19.8 Å². The van der Waals surface area contributed by atoms with Crippen molar-refractivity contribution in [3.8, 4) is 0 Å². The van der Waals surface area contributed by atoms with E-state index >= 15 is 0 Å². The SMILES string of the molecule is COC(=O)C1CCN(CC(=O)Nc2ccc(C)cc2C)CC1. The molecule has 120 valence electrons. The molecule has 5 heteroatoms. The second-order valence-electron chi connectivity index (χ2n) is 5.94. The minimum Gasteiger partial charge on any atom is -0.469 e. The molecule has 1 aromatic rings. The summed E-state index contributed by atoms with van der Waals surface area (Å²) in [5, 5.41) is 2.96. The number of amides is 1. The molecule has 0 radical (unpaired) electrons. The summed E-state index contributed by atoms with van der Waals surface area (Å²) in [6.45, 7) is 5.88. The number of methoxy groups -OCH3 is 1. The molecule has 1 fully saturated rings. The zero-order valence-corrected chi connectivity index (χ0v) is 13.5. The third-order valence-corrected chi connectivity index (χ3v) is 4.15. The summed E-state index contributed by atoms with van der Waals surface area (Å²) >= 11 is 0. The van der Waals surface area contributed by atoms with Crippen molar-refractivity contribution >= 4 is 17.6 Å². The number of aryl methyl sites for hydroxylation is 2. The Bertz CT molecular complexity index is 549. The van der Waals surface area contributed by atoms with Gasteiger partial charge in [-0.3, -0.25) is 14.5 Å². The van der Waals surface area contributed by atoms with Gasteiger partial charge in [0, 0.05) is 5.69 Å². The molecule has 0 aromatic heterocycles. The molecule has 0 atom stereocenters. The van der Waals surface area contributed by atoms with Gasteiger partial charge in [0.05, 0.1) is 19.6 Å². The average molecular weight is 304 g/mol. The van der Waals surface area contributed by atoms with Crippen molar-refractivity contribution in [3.05, 3.63) is 29.3 Å². The van der Waals surface area contributed by atoms with Crippen molar-refractivity contribution in [2.45, 2.75) is 26.7 Å². The summed E-state index contributed by atoms with van der Waals surface area (Å²) in [5.41, 5.74) is 3.11. The van der Waals surface area contributed by atoms with Gasteiger partial charge in [-0.1, -0.05) is 17.7 Å². The van der Waals surface area contributed by atoms with E-state index in [2.05, 4.69) is 16.3 Å². The molecule has 1 heterocycles. The first-order valence-corrected chi connectivity index (χ1v) is 7.67. The molecule has 0 aliphatic carbocycles. The standard InChI is InChI=1S/C17H24N2O3/c1-12-4-5-15(13(2)10-12)18-16(20)11-19-8-6-14(7-9-19)17(21)22-3/h4-5,10,14H,6-9,11H2,1-3H3,(H,18,20). The molecule has 1 saturated heterocycles. The summed E-state index contributed by atoms with van der Waals surface area (Å²) < 4.78 is 4.77. The van der Waals surface area contributed by atoms with E-state index in [1.54, 1.807) is 0 Å². The lowest BCUT2D eigenvalue weighted by Crippen LogP contribution is -2.41. The van der Waals surface area contributed by atoms with Crippen molar-refractivity contribution in [1.82, 2.24) is 4.90 Å². The Hall–Kier alpha value is -1.88. The van der Waals surface area contributed by atoms with Gasteiger partial charge in [0.2, 0.25) is 5.91 Å². The van der Waals surface area contributed by atoms with E-state index in [1.165, 1.54) is 12.7 Å². The van der Waals surface area contributed by atoms with Gasteiger partial charge in [-0.15, -0.1) is 0 Å². The maximum atomic E-state index is 12.1. The molecule has 0 unspecified atom stereocenters. The topological polar surface area (TPSA) is 58.6 Å². The molecule has 1 amide bonds. The van der Waals surface area contributed by atoms with Gasteiger partial charge in [-0.25, -0.2) is 0 Å². The number of piperidine rings is 1. The number of carbonyl (C=O) groups is 2. The highest BCUT2D eigenvalue weighted by Crippen LogP contribution is 2.19. The first-order valence-electron chi connectivity index (χ1n) is 7.67. The zero-order chi connectivity index (χ0) is 16.1. The van der Waals surface area contributed by atoms with E-state index in [0.717, 1.165) is 37.2 Å². The monoisotopic (exact) mass is 304 g/mol. The largest absolute Gasteiger partial charge is 0.469 e. The first kappa shape index (κ1) is 16.5. The maximum absolute atomic E-state index is 12.1. The molecule has 0 bridgehead atoms. The number of nitrogens with one attached hydrogen (secondary N) is 1. The smallest absolute Gasteiger partial charge is 0.308 e. The van der Waals surface area contributed by atoms with Crippen LogP contribution in [0.25, 0.3) is 0 Å². The van der Waals surface area contributed by atoms with Crippen LogP contribution < -0.4 is 5.32 Å². The van der Waals surface area contributed by atoms with Crippen LogP contribution in [0.4, 0.5) is 5.69 Å². The van der Waals surface area contributed by atoms with Crippen LogP contribution in [-0.2, 0) is 14.3 Å². The van der Waals surface area contributed by atoms with Crippen LogP contribution in [0.15, 0.2) is 18.2 Å². The number of hydrogen-bond acceptors (Lipinski definition) is 4. The van der Waals surface area contributed by atoms with E-state index in [9.17, 15) is 9.59 Å². The van der Waals surface area contributed by atoms with Crippen molar-refractivity contribution in [2.75, 3.05) is 32.1 Å². The third-order valence-electron chi connectivity index (χ3n) is 4.15. The van der Waals surface area contributed by atoms with Gasteiger partial charge in [-0.05, 0) is 51.4 Å². The van der Waals surface area contributed by atoms with Crippen LogP contribution in [-0.4, -0.2) is 43.5 Å². The highest BCUT2D eigenvalue weighted by atomic mass is 16.5. The molecule has 1 aliphatic rings. The van der Waals surface area contributed by atoms with Crippen LogP contribution in [0.3, 0.4) is 0 Å². The molecule has 2 rings (SSSR count). The number of esters is 1. The lowest BCUT2D eigenvalue weighted by atomic mass is 9.97. The zero-order valence-electron chi connectivity index (χ0n) is 13.5. The molecule has 1 aromatic carbocycles. The van der Waals surface area contributed by atoms with E-state index < -0.39 is 0 Å². The van der Waals surface area contributed by atoms with E-state index in [0.29, 0.717) is 6.54 Å². The fourth-order valence-corrected chi connectivity index (χ4v) is 2.84. The average Bonchev–Trinajstić information content (AvgIpc) is 2.50. The predicted octanol–water partition coefficient (Wildman–Crippen LogP) is 2.13. The maximum Gasteiger partial charge on any atom is 0.308 e. The van der Waals surface area contributed by atoms with Crippen LogP contribution in [0.5, 0.6) is 0 Å². The number of likely N-dealkylation sites (tertiary alicyclic amines) is 1. The second-order valence-corrected chi connectivity index (χ2v) is 5.94. The van der Waals surface area contributed by atoms with E-state index in [-0.39, 0.29) is 17.8 Å². The molecule has 5 nitrogen and oxygen atoms in total. The number of anilines is 1. The van der Waals surface area contributed by atoms with Gasteiger partial charge in [-0.2, -0.15) is 0 Å². The summed E-state index contributed by atoms with van der Waals surface area (Å²) in [7, 11) is 1.42. The Labute approximate surface area is 131 Å². The number of carbonyl (C=O) groups excluding carboxylic acids is 2. The Kier molecular flexibility index (Phi) is 5.55. The number of nitrogens with zero attached hydrogens (tertiary/aromatic N) is 1. The van der Waals surface area contributed by atoms with Crippen molar-refractivity contribution in [1.29, 1.82) is 0 Å². The van der Waals surface area contributed by atoms with Gasteiger partial charge in [0.25, 0.3) is 0 Å². The lowest BCUT2D eigenvalue weighted by molar-refractivity contribution is -0.147. The summed E-state index contributed by atoms with van der Waals surface area (Å²) in [5.74, 6) is -0.175. The number of rotatable bonds is 4. The minimum atomic E-state index is -0.139. The highest BCUT2D eigenvalue weighted by Gasteiger charge is 2.26. The van der Waals surface area contributed by atoms with Crippen molar-refractivity contribution in [3.63, 3.8) is 0 Å². The second kappa shape index (κ2) is 7.40. The van der Waals surface area contributed by atoms with Gasteiger partial charge in [0.1, 0.15) is 0 Å². The molecular weight excluding hydrogens is 280 g/mol. The molecular formula is C17H24N2O3. The molecule has 1 N–H and O–H groups in total. The van der Waals surface area contributed by atoms with Crippen LogP contribution in [0.1, 0.15) is 24.0 Å². The van der Waals surface area contributed by atoms with Crippen LogP contribution in [0.2, 0.25) is 0 Å². The number of ether oxygens (including phenoxy) is 1. The normalized spacial score (nSPS) is 16.3. The van der Waals surface area contributed by atoms with Gasteiger partial charge in [0.15, 0.2) is 0 Å². The van der Waals surface area contributed by atoms with Crippen molar-refractivity contribution in [2.24, 2.45) is 5.92 Å². The first-order chi connectivity index (χ1) is 10.5. The fourth-order valence-electron chi connectivity index (χ4n) is 2.84. The molecule has 22 heavy (non-hydrogen) atoms. The molecule has 0 spiro atoms. The fraction of sp³-hybridized carbons (Fsp3) is 0.529. The van der Waals surface area contributed by atoms with E-state index in [1.807, 2.05) is 26.0 Å². The summed E-state index contributed by atoms with van der Waals surface area (Å²) in [6, 6.07) is 5.98. The Morgan fingerprint density at radius 1 is 1.27 bits per heavy atom. The quantitative estimate of drug-likeness (QED) is 0.866. The predicted molar refractivity (Wildman–Crippen MR) is 85.7 cm³/mol.